The smallest absolute Gasteiger partial charge is 0.0503 e. The third-order valence-corrected chi connectivity index (χ3v) is 8.98. The molecule has 6 aromatic rings. The van der Waals surface area contributed by atoms with Crippen LogP contribution in [-0.4, -0.2) is 0 Å². The van der Waals surface area contributed by atoms with Gasteiger partial charge in [-0.2, -0.15) is 0 Å². The fraction of sp³-hybridized carbons (Fsp3) is 0.0698. The van der Waals surface area contributed by atoms with E-state index in [0.29, 0.717) is 0 Å². The SMILES string of the molecule is Cc1ccc(N(C2=CCC3=CCc4cccc5ccc2c3c45)c2ccc(C=C(c3ccccc3)c3ccccc3)cc2)cc1. The Balaban J connectivity index is 1.24. The van der Waals surface area contributed by atoms with Crippen LogP contribution in [0.3, 0.4) is 0 Å². The minimum absolute atomic E-state index is 0.941. The molecule has 0 atom stereocenters. The van der Waals surface area contributed by atoms with Crippen molar-refractivity contribution < 1.29 is 0 Å². The van der Waals surface area contributed by atoms with Gasteiger partial charge in [0.05, 0.1) is 5.70 Å². The van der Waals surface area contributed by atoms with Crippen LogP contribution in [0.25, 0.3) is 33.7 Å². The normalized spacial score (nSPS) is 13.2. The van der Waals surface area contributed by atoms with E-state index in [2.05, 4.69) is 170 Å². The van der Waals surface area contributed by atoms with Gasteiger partial charge in [0, 0.05) is 16.9 Å². The summed E-state index contributed by atoms with van der Waals surface area (Å²) < 4.78 is 0. The predicted molar refractivity (Wildman–Crippen MR) is 188 cm³/mol. The van der Waals surface area contributed by atoms with Crippen molar-refractivity contribution in [2.45, 2.75) is 19.8 Å². The lowest BCUT2D eigenvalue weighted by atomic mass is 9.80. The molecule has 0 amide bonds. The second-order valence-electron chi connectivity index (χ2n) is 11.8. The summed E-state index contributed by atoms with van der Waals surface area (Å²) in [5.41, 5.74) is 15.2. The molecule has 0 unspecified atom stereocenters. The summed E-state index contributed by atoms with van der Waals surface area (Å²) in [5, 5.41) is 2.76. The number of nitrogens with zero attached hydrogens (tertiary/aromatic N) is 1. The first-order valence-corrected chi connectivity index (χ1v) is 15.5. The van der Waals surface area contributed by atoms with Crippen molar-refractivity contribution in [3.05, 3.63) is 191 Å². The van der Waals surface area contributed by atoms with Gasteiger partial charge >= 0.3 is 0 Å². The average molecular weight is 564 g/mol. The van der Waals surface area contributed by atoms with Crippen LogP contribution in [-0.2, 0) is 6.42 Å². The summed E-state index contributed by atoms with van der Waals surface area (Å²) in [5.74, 6) is 0. The zero-order valence-corrected chi connectivity index (χ0v) is 24.9. The fourth-order valence-corrected chi connectivity index (χ4v) is 6.80. The number of anilines is 2. The topological polar surface area (TPSA) is 3.24 Å². The molecule has 1 nitrogen and oxygen atoms in total. The Labute approximate surface area is 259 Å². The molecule has 0 N–H and O–H groups in total. The Hall–Kier alpha value is -5.40. The molecule has 0 saturated carbocycles. The second-order valence-corrected chi connectivity index (χ2v) is 11.8. The predicted octanol–water partition coefficient (Wildman–Crippen LogP) is 11.3. The molecule has 0 bridgehead atoms. The molecule has 44 heavy (non-hydrogen) atoms. The molecule has 0 saturated heterocycles. The molecule has 0 fully saturated rings. The van der Waals surface area contributed by atoms with Crippen LogP contribution in [0.4, 0.5) is 11.4 Å². The molecule has 0 radical (unpaired) electrons. The lowest BCUT2D eigenvalue weighted by Gasteiger charge is -2.34. The van der Waals surface area contributed by atoms with Gasteiger partial charge in [0.2, 0.25) is 0 Å². The Bertz CT molecular complexity index is 2040. The minimum Gasteiger partial charge on any atom is -0.310 e. The first kappa shape index (κ1) is 26.2. The van der Waals surface area contributed by atoms with Crippen LogP contribution in [0.2, 0.25) is 0 Å². The lowest BCUT2D eigenvalue weighted by molar-refractivity contribution is 1.19. The zero-order valence-electron chi connectivity index (χ0n) is 24.9. The summed E-state index contributed by atoms with van der Waals surface area (Å²) in [6, 6.07) is 50.6. The van der Waals surface area contributed by atoms with Crippen LogP contribution in [0.15, 0.2) is 152 Å². The van der Waals surface area contributed by atoms with E-state index in [0.717, 1.165) is 18.5 Å². The molecule has 0 aliphatic heterocycles. The molecule has 2 aliphatic carbocycles. The van der Waals surface area contributed by atoms with E-state index in [1.54, 1.807) is 0 Å². The summed E-state index contributed by atoms with van der Waals surface area (Å²) in [4.78, 5) is 2.44. The number of aryl methyl sites for hydroxylation is 1. The third kappa shape index (κ3) is 4.68. The van der Waals surface area contributed by atoms with E-state index in [-0.39, 0.29) is 0 Å². The summed E-state index contributed by atoms with van der Waals surface area (Å²) in [6.45, 7) is 2.15. The third-order valence-electron chi connectivity index (χ3n) is 8.98. The van der Waals surface area contributed by atoms with Crippen molar-refractivity contribution in [2.75, 3.05) is 4.90 Å². The second kappa shape index (κ2) is 11.0. The van der Waals surface area contributed by atoms with Crippen molar-refractivity contribution in [1.29, 1.82) is 0 Å². The maximum Gasteiger partial charge on any atom is 0.0503 e. The lowest BCUT2D eigenvalue weighted by Crippen LogP contribution is -2.19. The van der Waals surface area contributed by atoms with Crippen molar-refractivity contribution >= 4 is 45.1 Å². The van der Waals surface area contributed by atoms with Gasteiger partial charge in [-0.25, -0.2) is 0 Å². The summed E-state index contributed by atoms with van der Waals surface area (Å²) >= 11 is 0. The Morgan fingerprint density at radius 3 is 1.93 bits per heavy atom. The van der Waals surface area contributed by atoms with Crippen LogP contribution >= 0.6 is 0 Å². The standard InChI is InChI=1S/C43H33N/c1-30-15-23-37(24-16-30)44(41-28-22-36-20-19-34-13-8-14-35-21-27-39(41)43(36)42(34)35)38-25-17-31(18-26-38)29-40(32-9-4-2-5-10-32)33-11-6-3-7-12-33/h2-18,20-21,23-29H,19,22H2,1H3. The van der Waals surface area contributed by atoms with Gasteiger partial charge in [-0.15, -0.1) is 0 Å². The molecule has 0 heterocycles. The van der Waals surface area contributed by atoms with Crippen molar-refractivity contribution in [3.8, 4) is 0 Å². The number of allylic oxidation sites excluding steroid dienone is 3. The highest BCUT2D eigenvalue weighted by Crippen LogP contribution is 2.46. The molecule has 210 valence electrons. The maximum atomic E-state index is 2.44. The largest absolute Gasteiger partial charge is 0.310 e. The zero-order chi connectivity index (χ0) is 29.5. The van der Waals surface area contributed by atoms with Gasteiger partial charge in [0.15, 0.2) is 0 Å². The number of hydrogen-bond donors (Lipinski definition) is 0. The van der Waals surface area contributed by atoms with E-state index in [1.807, 2.05) is 0 Å². The van der Waals surface area contributed by atoms with Gasteiger partial charge in [0.25, 0.3) is 0 Å². The Morgan fingerprint density at radius 1 is 0.591 bits per heavy atom. The minimum atomic E-state index is 0.941. The molecule has 0 aromatic heterocycles. The van der Waals surface area contributed by atoms with Gasteiger partial charge < -0.3 is 4.90 Å². The highest BCUT2D eigenvalue weighted by Gasteiger charge is 2.27. The van der Waals surface area contributed by atoms with Crippen LogP contribution < -0.4 is 4.90 Å². The molecule has 1 heteroatoms. The fourth-order valence-electron chi connectivity index (χ4n) is 6.80. The molecular formula is C43H33N. The van der Waals surface area contributed by atoms with E-state index in [9.17, 15) is 0 Å². The molecule has 2 aliphatic rings. The number of benzene rings is 6. The van der Waals surface area contributed by atoms with E-state index < -0.39 is 0 Å². The first-order chi connectivity index (χ1) is 21.7. The first-order valence-electron chi connectivity index (χ1n) is 15.5. The quantitative estimate of drug-likeness (QED) is 0.182. The van der Waals surface area contributed by atoms with E-state index >= 15 is 0 Å². The maximum absolute atomic E-state index is 2.44. The van der Waals surface area contributed by atoms with Crippen molar-refractivity contribution in [1.82, 2.24) is 0 Å². The number of hydrogen-bond acceptors (Lipinski definition) is 1. The number of rotatable bonds is 6. The van der Waals surface area contributed by atoms with Crippen molar-refractivity contribution in [2.24, 2.45) is 0 Å². The molecule has 6 aromatic carbocycles. The van der Waals surface area contributed by atoms with Crippen LogP contribution in [0.5, 0.6) is 0 Å². The Kier molecular flexibility index (Phi) is 6.57. The summed E-state index contributed by atoms with van der Waals surface area (Å²) in [7, 11) is 0. The van der Waals surface area contributed by atoms with E-state index in [4.69, 9.17) is 0 Å². The average Bonchev–Trinajstić information content (AvgIpc) is 3.09. The molecule has 0 spiro atoms. The van der Waals surface area contributed by atoms with Crippen LogP contribution in [0.1, 0.15) is 45.4 Å². The van der Waals surface area contributed by atoms with Gasteiger partial charge in [0.1, 0.15) is 0 Å². The van der Waals surface area contributed by atoms with Crippen LogP contribution in [0, 0.1) is 6.92 Å². The van der Waals surface area contributed by atoms with E-state index in [1.165, 1.54) is 72.2 Å². The highest BCUT2D eigenvalue weighted by molar-refractivity contribution is 6.06. The van der Waals surface area contributed by atoms with Gasteiger partial charge in [-0.05, 0) is 99.8 Å². The molecular weight excluding hydrogens is 530 g/mol. The highest BCUT2D eigenvalue weighted by atomic mass is 15.1. The molecule has 8 rings (SSSR count). The van der Waals surface area contributed by atoms with Crippen molar-refractivity contribution in [3.63, 3.8) is 0 Å². The van der Waals surface area contributed by atoms with Gasteiger partial charge in [-0.1, -0.05) is 133 Å². The summed E-state index contributed by atoms with van der Waals surface area (Å²) in [6.07, 6.45) is 9.11. The van der Waals surface area contributed by atoms with Gasteiger partial charge in [-0.3, -0.25) is 0 Å². The Morgan fingerprint density at radius 2 is 1.25 bits per heavy atom. The monoisotopic (exact) mass is 563 g/mol.